The van der Waals surface area contributed by atoms with Crippen LogP contribution in [0.5, 0.6) is 0 Å². The zero-order valence-electron chi connectivity index (χ0n) is 18.1. The Balaban J connectivity index is 1.29. The van der Waals surface area contributed by atoms with Gasteiger partial charge in [0.05, 0.1) is 23.9 Å². The van der Waals surface area contributed by atoms with E-state index in [0.717, 1.165) is 23.1 Å². The second-order valence-corrected chi connectivity index (χ2v) is 11.3. The number of hydrogen-bond acceptors (Lipinski definition) is 9. The van der Waals surface area contributed by atoms with Crippen LogP contribution in [0.1, 0.15) is 10.4 Å². The molecule has 0 radical (unpaired) electrons. The lowest BCUT2D eigenvalue weighted by Gasteiger charge is -2.26. The number of hydrogen-bond donors (Lipinski definition) is 2. The van der Waals surface area contributed by atoms with Crippen LogP contribution in [0.2, 0.25) is 0 Å². The van der Waals surface area contributed by atoms with Gasteiger partial charge in [0.25, 0.3) is 5.91 Å². The molecule has 184 valence electrons. The molecule has 4 rings (SSSR count). The number of thioether (sulfide) groups is 1. The molecule has 2 N–H and O–H groups in total. The number of nitrogens with one attached hydrogen (secondary N) is 2. The van der Waals surface area contributed by atoms with E-state index in [-0.39, 0.29) is 40.3 Å². The molecular formula is C21H20FN5O5S3. The van der Waals surface area contributed by atoms with E-state index in [4.69, 9.17) is 4.74 Å². The van der Waals surface area contributed by atoms with Crippen molar-refractivity contribution in [3.05, 3.63) is 59.9 Å². The monoisotopic (exact) mass is 537 g/mol. The minimum Gasteiger partial charge on any atom is -0.379 e. The van der Waals surface area contributed by atoms with Gasteiger partial charge in [0, 0.05) is 24.3 Å². The molecule has 35 heavy (non-hydrogen) atoms. The van der Waals surface area contributed by atoms with Crippen LogP contribution in [-0.2, 0) is 19.6 Å². The fourth-order valence-corrected chi connectivity index (χ4v) is 6.01. The number of carbonyl (C=O) groups is 2. The summed E-state index contributed by atoms with van der Waals surface area (Å²) in [5.41, 5.74) is 0.736. The highest BCUT2D eigenvalue weighted by Gasteiger charge is 2.26. The molecule has 14 heteroatoms. The van der Waals surface area contributed by atoms with Crippen molar-refractivity contribution in [3.63, 3.8) is 0 Å². The molecule has 2 aromatic carbocycles. The SMILES string of the molecule is O=C(CSc1nnc(NC(=O)c2ccc(S(=O)(=O)N3CCOCC3)cc2)s1)Nc1ccc(F)cc1. The van der Waals surface area contributed by atoms with Crippen LogP contribution in [0.25, 0.3) is 0 Å². The number of ether oxygens (including phenoxy) is 1. The van der Waals surface area contributed by atoms with Crippen molar-refractivity contribution in [1.82, 2.24) is 14.5 Å². The Hall–Kier alpha value is -2.91. The summed E-state index contributed by atoms with van der Waals surface area (Å²) in [4.78, 5) is 24.7. The van der Waals surface area contributed by atoms with Gasteiger partial charge in [0.2, 0.25) is 21.1 Å². The molecule has 10 nitrogen and oxygen atoms in total. The van der Waals surface area contributed by atoms with Gasteiger partial charge >= 0.3 is 0 Å². The van der Waals surface area contributed by atoms with Crippen molar-refractivity contribution in [1.29, 1.82) is 0 Å². The molecule has 0 aliphatic carbocycles. The van der Waals surface area contributed by atoms with Gasteiger partial charge in [-0.15, -0.1) is 10.2 Å². The Morgan fingerprint density at radius 1 is 1.03 bits per heavy atom. The van der Waals surface area contributed by atoms with Crippen molar-refractivity contribution in [2.75, 3.05) is 42.7 Å². The summed E-state index contributed by atoms with van der Waals surface area (Å²) in [5, 5.41) is 13.3. The largest absolute Gasteiger partial charge is 0.379 e. The highest BCUT2D eigenvalue weighted by Crippen LogP contribution is 2.26. The number of sulfonamides is 1. The maximum atomic E-state index is 12.9. The molecule has 2 amide bonds. The highest BCUT2D eigenvalue weighted by molar-refractivity contribution is 8.01. The van der Waals surface area contributed by atoms with Gasteiger partial charge in [-0.25, -0.2) is 12.8 Å². The first-order chi connectivity index (χ1) is 16.8. The minimum atomic E-state index is -3.65. The molecular weight excluding hydrogens is 517 g/mol. The maximum Gasteiger partial charge on any atom is 0.257 e. The zero-order valence-corrected chi connectivity index (χ0v) is 20.6. The summed E-state index contributed by atoms with van der Waals surface area (Å²) < 4.78 is 45.3. The van der Waals surface area contributed by atoms with Crippen LogP contribution in [0.3, 0.4) is 0 Å². The first-order valence-electron chi connectivity index (χ1n) is 10.3. The molecule has 1 aromatic heterocycles. The lowest BCUT2D eigenvalue weighted by Crippen LogP contribution is -2.40. The fraction of sp³-hybridized carbons (Fsp3) is 0.238. The van der Waals surface area contributed by atoms with E-state index in [1.807, 2.05) is 0 Å². The third-order valence-corrected chi connectivity index (χ3v) is 8.69. The summed E-state index contributed by atoms with van der Waals surface area (Å²) in [7, 11) is -3.65. The lowest BCUT2D eigenvalue weighted by molar-refractivity contribution is -0.113. The average Bonchev–Trinajstić information content (AvgIpc) is 3.32. The second-order valence-electron chi connectivity index (χ2n) is 7.21. The topological polar surface area (TPSA) is 131 Å². The number of morpholine rings is 1. The predicted octanol–water partition coefficient (Wildman–Crippen LogP) is 2.68. The van der Waals surface area contributed by atoms with E-state index >= 15 is 0 Å². The fourth-order valence-electron chi connectivity index (χ4n) is 3.06. The van der Waals surface area contributed by atoms with E-state index in [9.17, 15) is 22.4 Å². The minimum absolute atomic E-state index is 0.0546. The summed E-state index contributed by atoms with van der Waals surface area (Å²) in [6.07, 6.45) is 0. The smallest absolute Gasteiger partial charge is 0.257 e. The number of amides is 2. The standard InChI is InChI=1S/C21H20FN5O5S3/c22-15-3-5-16(6-4-15)23-18(28)13-33-21-26-25-20(34-21)24-19(29)14-1-7-17(8-2-14)35(30,31)27-9-11-32-12-10-27/h1-8H,9-13H2,(H,23,28)(H,24,25,29). The second kappa shape index (κ2) is 11.2. The quantitative estimate of drug-likeness (QED) is 0.331. The molecule has 0 spiro atoms. The van der Waals surface area contributed by atoms with Crippen LogP contribution in [-0.4, -0.2) is 66.8 Å². The molecule has 0 atom stereocenters. The predicted molar refractivity (Wildman–Crippen MR) is 130 cm³/mol. The number of rotatable bonds is 8. The molecule has 0 bridgehead atoms. The number of benzene rings is 2. The summed E-state index contributed by atoms with van der Waals surface area (Å²) >= 11 is 2.24. The number of aromatic nitrogens is 2. The molecule has 1 saturated heterocycles. The third-order valence-electron chi connectivity index (χ3n) is 4.81. The maximum absolute atomic E-state index is 12.9. The van der Waals surface area contributed by atoms with Crippen LogP contribution in [0.15, 0.2) is 57.8 Å². The Labute approximate surface area is 208 Å². The van der Waals surface area contributed by atoms with Gasteiger partial charge in [0.1, 0.15) is 5.82 Å². The van der Waals surface area contributed by atoms with Crippen molar-refractivity contribution >= 4 is 55.8 Å². The zero-order chi connectivity index (χ0) is 24.8. The molecule has 0 saturated carbocycles. The summed E-state index contributed by atoms with van der Waals surface area (Å²) in [6, 6.07) is 11.1. The number of carbonyl (C=O) groups excluding carboxylic acids is 2. The molecule has 0 unspecified atom stereocenters. The van der Waals surface area contributed by atoms with Crippen LogP contribution >= 0.6 is 23.1 Å². The normalized spacial score (nSPS) is 14.4. The van der Waals surface area contributed by atoms with Crippen molar-refractivity contribution in [2.45, 2.75) is 9.24 Å². The van der Waals surface area contributed by atoms with Crippen LogP contribution in [0.4, 0.5) is 15.2 Å². The molecule has 1 fully saturated rings. The third kappa shape index (κ3) is 6.61. The van der Waals surface area contributed by atoms with Crippen LogP contribution in [0, 0.1) is 5.82 Å². The van der Waals surface area contributed by atoms with E-state index in [2.05, 4.69) is 20.8 Å². The summed E-state index contributed by atoms with van der Waals surface area (Å²) in [5.74, 6) is -1.11. The molecule has 3 aromatic rings. The van der Waals surface area contributed by atoms with Gasteiger partial charge in [-0.3, -0.25) is 14.9 Å². The molecule has 1 aliphatic heterocycles. The first kappa shape index (κ1) is 25.2. The Morgan fingerprint density at radius 2 is 1.71 bits per heavy atom. The van der Waals surface area contributed by atoms with E-state index in [0.29, 0.717) is 23.2 Å². The number of nitrogens with zero attached hydrogens (tertiary/aromatic N) is 3. The Kier molecular flexibility index (Phi) is 8.07. The number of halogens is 1. The van der Waals surface area contributed by atoms with Crippen LogP contribution < -0.4 is 10.6 Å². The van der Waals surface area contributed by atoms with E-state index < -0.39 is 21.7 Å². The van der Waals surface area contributed by atoms with Crippen molar-refractivity contribution in [2.24, 2.45) is 0 Å². The van der Waals surface area contributed by atoms with Gasteiger partial charge in [-0.2, -0.15) is 4.31 Å². The molecule has 1 aliphatic rings. The first-order valence-corrected chi connectivity index (χ1v) is 13.6. The number of anilines is 2. The Bertz CT molecular complexity index is 1290. The van der Waals surface area contributed by atoms with Crippen molar-refractivity contribution in [3.8, 4) is 0 Å². The van der Waals surface area contributed by atoms with E-state index in [1.165, 1.54) is 52.8 Å². The average molecular weight is 538 g/mol. The van der Waals surface area contributed by atoms with Gasteiger partial charge in [-0.1, -0.05) is 23.1 Å². The van der Waals surface area contributed by atoms with Gasteiger partial charge in [0.15, 0.2) is 4.34 Å². The Morgan fingerprint density at radius 3 is 2.40 bits per heavy atom. The van der Waals surface area contributed by atoms with E-state index in [1.54, 1.807) is 0 Å². The molecule has 2 heterocycles. The van der Waals surface area contributed by atoms with Gasteiger partial charge in [-0.05, 0) is 48.5 Å². The van der Waals surface area contributed by atoms with Crippen molar-refractivity contribution < 1.29 is 27.1 Å². The lowest BCUT2D eigenvalue weighted by atomic mass is 10.2. The highest BCUT2D eigenvalue weighted by atomic mass is 32.2. The van der Waals surface area contributed by atoms with Gasteiger partial charge < -0.3 is 10.1 Å². The summed E-state index contributed by atoms with van der Waals surface area (Å²) in [6.45, 7) is 1.27.